The zero-order valence-electron chi connectivity index (χ0n) is 11.1. The van der Waals surface area contributed by atoms with Gasteiger partial charge in [-0.1, -0.05) is 18.2 Å². The SMILES string of the molecule is c1ccc(-n2cc(CNCc3ccncc3)cn2)cc1. The summed E-state index contributed by atoms with van der Waals surface area (Å²) in [6.45, 7) is 1.63. The molecule has 0 atom stereocenters. The van der Waals surface area contributed by atoms with E-state index in [1.165, 1.54) is 11.1 Å². The number of para-hydroxylation sites is 1. The van der Waals surface area contributed by atoms with Gasteiger partial charge >= 0.3 is 0 Å². The van der Waals surface area contributed by atoms with Crippen molar-refractivity contribution >= 4 is 0 Å². The number of aromatic nitrogens is 3. The Bertz CT molecular complexity index is 647. The van der Waals surface area contributed by atoms with E-state index in [1.807, 2.05) is 65.7 Å². The van der Waals surface area contributed by atoms with Gasteiger partial charge in [-0.05, 0) is 29.8 Å². The molecular formula is C16H16N4. The maximum atomic E-state index is 4.38. The number of hydrogen-bond donors (Lipinski definition) is 1. The molecule has 100 valence electrons. The van der Waals surface area contributed by atoms with Crippen molar-refractivity contribution in [2.24, 2.45) is 0 Å². The number of benzene rings is 1. The van der Waals surface area contributed by atoms with Crippen molar-refractivity contribution in [3.63, 3.8) is 0 Å². The molecule has 0 aliphatic rings. The second-order valence-electron chi connectivity index (χ2n) is 4.59. The van der Waals surface area contributed by atoms with Crippen molar-refractivity contribution in [3.8, 4) is 5.69 Å². The highest BCUT2D eigenvalue weighted by molar-refractivity contribution is 5.30. The fourth-order valence-corrected chi connectivity index (χ4v) is 2.03. The summed E-state index contributed by atoms with van der Waals surface area (Å²) in [5, 5.41) is 7.78. The Morgan fingerprint density at radius 1 is 0.900 bits per heavy atom. The molecule has 0 amide bonds. The quantitative estimate of drug-likeness (QED) is 0.770. The molecule has 0 bridgehead atoms. The van der Waals surface area contributed by atoms with Crippen LogP contribution in [0.4, 0.5) is 0 Å². The molecule has 1 N–H and O–H groups in total. The third-order valence-corrected chi connectivity index (χ3v) is 3.06. The number of rotatable bonds is 5. The molecule has 0 saturated heterocycles. The van der Waals surface area contributed by atoms with Gasteiger partial charge in [0, 0.05) is 37.2 Å². The van der Waals surface area contributed by atoms with Crippen molar-refractivity contribution in [1.29, 1.82) is 0 Å². The van der Waals surface area contributed by atoms with Gasteiger partial charge in [-0.2, -0.15) is 5.10 Å². The molecule has 2 heterocycles. The molecule has 0 unspecified atom stereocenters. The molecule has 4 heteroatoms. The summed E-state index contributed by atoms with van der Waals surface area (Å²) >= 11 is 0. The fraction of sp³-hybridized carbons (Fsp3) is 0.125. The molecule has 3 rings (SSSR count). The zero-order valence-corrected chi connectivity index (χ0v) is 11.1. The van der Waals surface area contributed by atoms with Crippen LogP contribution in [0.5, 0.6) is 0 Å². The number of hydrogen-bond acceptors (Lipinski definition) is 3. The lowest BCUT2D eigenvalue weighted by Gasteiger charge is -2.02. The van der Waals surface area contributed by atoms with Gasteiger partial charge in [0.2, 0.25) is 0 Å². The number of nitrogens with zero attached hydrogens (tertiary/aromatic N) is 3. The Balaban J connectivity index is 1.58. The highest BCUT2D eigenvalue weighted by Crippen LogP contribution is 2.07. The maximum Gasteiger partial charge on any atom is 0.0645 e. The largest absolute Gasteiger partial charge is 0.309 e. The van der Waals surface area contributed by atoms with E-state index in [9.17, 15) is 0 Å². The fourth-order valence-electron chi connectivity index (χ4n) is 2.03. The predicted octanol–water partition coefficient (Wildman–Crippen LogP) is 2.56. The van der Waals surface area contributed by atoms with Gasteiger partial charge in [0.25, 0.3) is 0 Å². The van der Waals surface area contributed by atoms with E-state index in [0.717, 1.165) is 18.8 Å². The summed E-state index contributed by atoms with van der Waals surface area (Å²) in [5.41, 5.74) is 3.48. The topological polar surface area (TPSA) is 42.7 Å². The van der Waals surface area contributed by atoms with Crippen LogP contribution in [0.1, 0.15) is 11.1 Å². The van der Waals surface area contributed by atoms with Gasteiger partial charge in [-0.3, -0.25) is 4.98 Å². The first-order valence-electron chi connectivity index (χ1n) is 6.60. The van der Waals surface area contributed by atoms with Crippen molar-refractivity contribution in [3.05, 3.63) is 78.4 Å². The standard InChI is InChI=1S/C16H16N4/c1-2-4-16(5-3-1)20-13-15(12-19-20)11-18-10-14-6-8-17-9-7-14/h1-9,12-13,18H,10-11H2. The van der Waals surface area contributed by atoms with Crippen LogP contribution in [0.25, 0.3) is 5.69 Å². The first-order chi connectivity index (χ1) is 9.92. The van der Waals surface area contributed by atoms with Gasteiger partial charge < -0.3 is 5.32 Å². The van der Waals surface area contributed by atoms with Crippen LogP contribution in [0.15, 0.2) is 67.3 Å². The van der Waals surface area contributed by atoms with Crippen molar-refractivity contribution < 1.29 is 0 Å². The average Bonchev–Trinajstić information content (AvgIpc) is 2.98. The third-order valence-electron chi connectivity index (χ3n) is 3.06. The highest BCUT2D eigenvalue weighted by atomic mass is 15.3. The van der Waals surface area contributed by atoms with Gasteiger partial charge in [0.05, 0.1) is 11.9 Å². The van der Waals surface area contributed by atoms with E-state index in [-0.39, 0.29) is 0 Å². The minimum atomic E-state index is 0.801. The molecule has 0 radical (unpaired) electrons. The molecule has 20 heavy (non-hydrogen) atoms. The summed E-state index contributed by atoms with van der Waals surface area (Å²) < 4.78 is 1.89. The summed E-state index contributed by atoms with van der Waals surface area (Å²) in [5.74, 6) is 0. The van der Waals surface area contributed by atoms with Crippen LogP contribution in [0, 0.1) is 0 Å². The Morgan fingerprint density at radius 2 is 1.65 bits per heavy atom. The number of pyridine rings is 1. The van der Waals surface area contributed by atoms with E-state index in [1.54, 1.807) is 0 Å². The summed E-state index contributed by atoms with van der Waals surface area (Å²) in [7, 11) is 0. The van der Waals surface area contributed by atoms with E-state index < -0.39 is 0 Å². The minimum absolute atomic E-state index is 0.801. The summed E-state index contributed by atoms with van der Waals surface area (Å²) in [4.78, 5) is 4.01. The molecule has 3 aromatic rings. The smallest absolute Gasteiger partial charge is 0.0645 e. The summed E-state index contributed by atoms with van der Waals surface area (Å²) in [6, 6.07) is 14.1. The molecule has 4 nitrogen and oxygen atoms in total. The lowest BCUT2D eigenvalue weighted by Crippen LogP contribution is -2.12. The van der Waals surface area contributed by atoms with E-state index in [4.69, 9.17) is 0 Å². The first kappa shape index (κ1) is 12.6. The second kappa shape index (κ2) is 6.12. The molecular weight excluding hydrogens is 248 g/mol. The zero-order chi connectivity index (χ0) is 13.6. The van der Waals surface area contributed by atoms with Crippen LogP contribution in [-0.4, -0.2) is 14.8 Å². The molecule has 0 fully saturated rings. The Labute approximate surface area is 118 Å². The van der Waals surface area contributed by atoms with Gasteiger partial charge in [-0.25, -0.2) is 4.68 Å². The van der Waals surface area contributed by atoms with Crippen LogP contribution in [-0.2, 0) is 13.1 Å². The van der Waals surface area contributed by atoms with Crippen LogP contribution in [0.2, 0.25) is 0 Å². The molecule has 0 saturated carbocycles. The van der Waals surface area contributed by atoms with E-state index in [0.29, 0.717) is 0 Å². The van der Waals surface area contributed by atoms with Gasteiger partial charge in [0.15, 0.2) is 0 Å². The Morgan fingerprint density at radius 3 is 2.45 bits per heavy atom. The molecule has 0 aliphatic carbocycles. The van der Waals surface area contributed by atoms with Crippen molar-refractivity contribution in [2.45, 2.75) is 13.1 Å². The Hall–Kier alpha value is -2.46. The second-order valence-corrected chi connectivity index (χ2v) is 4.59. The Kier molecular flexibility index (Phi) is 3.85. The van der Waals surface area contributed by atoms with E-state index >= 15 is 0 Å². The van der Waals surface area contributed by atoms with Crippen LogP contribution in [0.3, 0.4) is 0 Å². The third kappa shape index (κ3) is 3.10. The number of nitrogens with one attached hydrogen (secondary N) is 1. The summed E-state index contributed by atoms with van der Waals surface area (Å²) in [6.07, 6.45) is 7.57. The molecule has 2 aromatic heterocycles. The van der Waals surface area contributed by atoms with E-state index in [2.05, 4.69) is 21.6 Å². The monoisotopic (exact) mass is 264 g/mol. The maximum absolute atomic E-state index is 4.38. The average molecular weight is 264 g/mol. The van der Waals surface area contributed by atoms with Gasteiger partial charge in [0.1, 0.15) is 0 Å². The van der Waals surface area contributed by atoms with Crippen molar-refractivity contribution in [2.75, 3.05) is 0 Å². The minimum Gasteiger partial charge on any atom is -0.309 e. The lowest BCUT2D eigenvalue weighted by atomic mass is 10.2. The molecule has 1 aromatic carbocycles. The van der Waals surface area contributed by atoms with Crippen molar-refractivity contribution in [1.82, 2.24) is 20.1 Å². The highest BCUT2D eigenvalue weighted by Gasteiger charge is 2.00. The van der Waals surface area contributed by atoms with Gasteiger partial charge in [-0.15, -0.1) is 0 Å². The lowest BCUT2D eigenvalue weighted by molar-refractivity contribution is 0.692. The predicted molar refractivity (Wildman–Crippen MR) is 78.3 cm³/mol. The molecule has 0 spiro atoms. The normalized spacial score (nSPS) is 10.6. The molecule has 0 aliphatic heterocycles. The first-order valence-corrected chi connectivity index (χ1v) is 6.60. The van der Waals surface area contributed by atoms with Crippen LogP contribution >= 0.6 is 0 Å². The van der Waals surface area contributed by atoms with Crippen LogP contribution < -0.4 is 5.32 Å².